The summed E-state index contributed by atoms with van der Waals surface area (Å²) in [5.41, 5.74) is 6.49. The average Bonchev–Trinajstić information content (AvgIpc) is 3.00. The molecule has 0 saturated heterocycles. The number of hydrogen-bond donors (Lipinski definition) is 0. The molecule has 6 rings (SSSR count). The minimum atomic E-state index is 0.744. The van der Waals surface area contributed by atoms with Gasteiger partial charge in [0, 0.05) is 73.5 Å². The van der Waals surface area contributed by atoms with Gasteiger partial charge in [-0.3, -0.25) is 4.98 Å². The molecular weight excluding hydrogens is 470 g/mol. The van der Waals surface area contributed by atoms with Crippen molar-refractivity contribution in [1.29, 1.82) is 0 Å². The van der Waals surface area contributed by atoms with E-state index in [1.807, 2.05) is 97.6 Å². The van der Waals surface area contributed by atoms with E-state index in [1.165, 1.54) is 11.9 Å². The average molecular weight is 496 g/mol. The molecule has 38 heavy (non-hydrogen) atoms. The summed E-state index contributed by atoms with van der Waals surface area (Å²) in [6.07, 6.45) is 17.8. The van der Waals surface area contributed by atoms with Crippen LogP contribution < -0.4 is 0 Å². The van der Waals surface area contributed by atoms with Crippen LogP contribution in [-0.2, 0) is 12.8 Å². The predicted molar refractivity (Wildman–Crippen MR) is 147 cm³/mol. The molecule has 0 N–H and O–H groups in total. The van der Waals surface area contributed by atoms with Crippen LogP contribution in [0.15, 0.2) is 129 Å². The smallest absolute Gasteiger partial charge is 0.159 e. The Hall–Kier alpha value is -5.17. The number of nitrogens with zero attached hydrogens (tertiary/aromatic N) is 7. The molecule has 0 spiro atoms. The number of pyridine rings is 1. The minimum Gasteiger partial charge on any atom is -0.265 e. The highest BCUT2D eigenvalue weighted by molar-refractivity contribution is 5.54. The highest BCUT2D eigenvalue weighted by Gasteiger charge is 2.03. The summed E-state index contributed by atoms with van der Waals surface area (Å²) in [5, 5.41) is 0. The van der Waals surface area contributed by atoms with Crippen LogP contribution in [0.3, 0.4) is 0 Å². The Balaban J connectivity index is 0.000000155. The van der Waals surface area contributed by atoms with Gasteiger partial charge in [0.25, 0.3) is 0 Å². The molecule has 0 saturated carbocycles. The fraction of sp³-hybridized carbons (Fsp3) is 0.0645. The van der Waals surface area contributed by atoms with Crippen molar-refractivity contribution < 1.29 is 0 Å². The van der Waals surface area contributed by atoms with Crippen molar-refractivity contribution in [2.75, 3.05) is 0 Å². The first kappa shape index (κ1) is 24.5. The number of aromatic nitrogens is 7. The Labute approximate surface area is 221 Å². The number of benzene rings is 2. The van der Waals surface area contributed by atoms with Crippen molar-refractivity contribution in [3.05, 3.63) is 151 Å². The van der Waals surface area contributed by atoms with Crippen LogP contribution >= 0.6 is 0 Å². The highest BCUT2D eigenvalue weighted by Crippen LogP contribution is 2.15. The van der Waals surface area contributed by atoms with Crippen molar-refractivity contribution >= 4 is 0 Å². The van der Waals surface area contributed by atoms with Crippen LogP contribution in [0.5, 0.6) is 0 Å². The van der Waals surface area contributed by atoms with Gasteiger partial charge in [0.1, 0.15) is 6.33 Å². The first-order valence-electron chi connectivity index (χ1n) is 12.2. The normalized spacial score (nSPS) is 10.3. The molecule has 4 heterocycles. The first-order chi connectivity index (χ1) is 18.8. The van der Waals surface area contributed by atoms with E-state index < -0.39 is 0 Å². The lowest BCUT2D eigenvalue weighted by Crippen LogP contribution is -1.95. The van der Waals surface area contributed by atoms with Gasteiger partial charge >= 0.3 is 0 Å². The molecule has 0 aliphatic heterocycles. The standard InChI is InChI=1S/C16H13N3.C15H12N4/c1-2-4-15(5-3-1)16-18-11-14(12-19-16)10-13-6-8-17-9-7-13;1-2-4-14(5-3-1)15-18-9-13(10-19-15)6-12-7-16-11-17-8-12/h1-9,11-12H,10H2;1-5,7-11H,6H2. The molecule has 7 heteroatoms. The summed E-state index contributed by atoms with van der Waals surface area (Å²) in [6, 6.07) is 23.9. The molecule has 0 aliphatic rings. The van der Waals surface area contributed by atoms with E-state index in [9.17, 15) is 0 Å². The zero-order valence-electron chi connectivity index (χ0n) is 20.7. The Morgan fingerprint density at radius 2 is 0.816 bits per heavy atom. The third-order valence-corrected chi connectivity index (χ3v) is 5.65. The molecule has 6 aromatic rings. The van der Waals surface area contributed by atoms with Gasteiger partial charge in [-0.05, 0) is 34.4 Å². The lowest BCUT2D eigenvalue weighted by atomic mass is 10.1. The minimum absolute atomic E-state index is 0.744. The van der Waals surface area contributed by atoms with Gasteiger partial charge in [0.05, 0.1) is 0 Å². The van der Waals surface area contributed by atoms with Crippen LogP contribution in [0.25, 0.3) is 22.8 Å². The molecule has 4 aromatic heterocycles. The first-order valence-corrected chi connectivity index (χ1v) is 12.2. The fourth-order valence-electron chi connectivity index (χ4n) is 3.76. The summed E-state index contributed by atoms with van der Waals surface area (Å²) in [5.74, 6) is 1.51. The summed E-state index contributed by atoms with van der Waals surface area (Å²) >= 11 is 0. The van der Waals surface area contributed by atoms with Crippen LogP contribution in [0, 0.1) is 0 Å². The van der Waals surface area contributed by atoms with E-state index in [0.29, 0.717) is 0 Å². The van der Waals surface area contributed by atoms with Crippen LogP contribution in [-0.4, -0.2) is 34.9 Å². The second kappa shape index (κ2) is 12.7. The second-order valence-electron chi connectivity index (χ2n) is 8.52. The maximum absolute atomic E-state index is 4.42. The van der Waals surface area contributed by atoms with Gasteiger partial charge in [0.2, 0.25) is 0 Å². The maximum atomic E-state index is 4.42. The van der Waals surface area contributed by atoms with Crippen molar-refractivity contribution in [3.63, 3.8) is 0 Å². The van der Waals surface area contributed by atoms with Crippen LogP contribution in [0.2, 0.25) is 0 Å². The zero-order chi connectivity index (χ0) is 25.8. The van der Waals surface area contributed by atoms with E-state index in [1.54, 1.807) is 24.8 Å². The molecule has 0 bridgehead atoms. The Bertz CT molecular complexity index is 1390. The van der Waals surface area contributed by atoms with Gasteiger partial charge in [-0.1, -0.05) is 60.7 Å². The maximum Gasteiger partial charge on any atom is 0.159 e. The molecule has 0 radical (unpaired) electrons. The molecule has 0 atom stereocenters. The number of rotatable bonds is 6. The Morgan fingerprint density at radius 1 is 0.395 bits per heavy atom. The Kier molecular flexibility index (Phi) is 8.19. The van der Waals surface area contributed by atoms with Crippen molar-refractivity contribution in [3.8, 4) is 22.8 Å². The molecule has 0 fully saturated rings. The Morgan fingerprint density at radius 3 is 1.29 bits per heavy atom. The topological polar surface area (TPSA) is 90.2 Å². The third kappa shape index (κ3) is 6.95. The number of hydrogen-bond acceptors (Lipinski definition) is 7. The zero-order valence-corrected chi connectivity index (χ0v) is 20.7. The molecular formula is C31H25N7. The van der Waals surface area contributed by atoms with Crippen molar-refractivity contribution in [2.45, 2.75) is 12.8 Å². The predicted octanol–water partition coefficient (Wildman–Crippen LogP) is 5.65. The summed E-state index contributed by atoms with van der Waals surface area (Å²) < 4.78 is 0. The van der Waals surface area contributed by atoms with Crippen molar-refractivity contribution in [1.82, 2.24) is 34.9 Å². The van der Waals surface area contributed by atoms with Gasteiger partial charge in [-0.15, -0.1) is 0 Å². The summed E-state index contributed by atoms with van der Waals surface area (Å²) in [6.45, 7) is 0. The third-order valence-electron chi connectivity index (χ3n) is 5.65. The van der Waals surface area contributed by atoms with Gasteiger partial charge in [-0.25, -0.2) is 29.9 Å². The highest BCUT2D eigenvalue weighted by atomic mass is 14.9. The monoisotopic (exact) mass is 495 g/mol. The van der Waals surface area contributed by atoms with Gasteiger partial charge in [-0.2, -0.15) is 0 Å². The summed E-state index contributed by atoms with van der Waals surface area (Å²) in [7, 11) is 0. The summed E-state index contributed by atoms with van der Waals surface area (Å²) in [4.78, 5) is 29.6. The van der Waals surface area contributed by atoms with Crippen molar-refractivity contribution in [2.24, 2.45) is 0 Å². The lowest BCUT2D eigenvalue weighted by molar-refractivity contribution is 1.03. The van der Waals surface area contributed by atoms with Crippen LogP contribution in [0.1, 0.15) is 22.3 Å². The van der Waals surface area contributed by atoms with Gasteiger partial charge < -0.3 is 0 Å². The van der Waals surface area contributed by atoms with E-state index in [4.69, 9.17) is 0 Å². The van der Waals surface area contributed by atoms with Gasteiger partial charge in [0.15, 0.2) is 11.6 Å². The largest absolute Gasteiger partial charge is 0.265 e. The molecule has 0 unspecified atom stereocenters. The molecule has 184 valence electrons. The second-order valence-corrected chi connectivity index (χ2v) is 8.52. The SMILES string of the molecule is c1ccc(-c2ncc(Cc3ccncc3)cn2)cc1.c1ccc(-c2ncc(Cc3cncnc3)cn2)cc1. The van der Waals surface area contributed by atoms with E-state index in [-0.39, 0.29) is 0 Å². The van der Waals surface area contributed by atoms with E-state index >= 15 is 0 Å². The quantitative estimate of drug-likeness (QED) is 0.295. The fourth-order valence-corrected chi connectivity index (χ4v) is 3.76. The van der Waals surface area contributed by atoms with E-state index in [2.05, 4.69) is 34.9 Å². The van der Waals surface area contributed by atoms with E-state index in [0.717, 1.165) is 52.3 Å². The molecule has 0 amide bonds. The molecule has 0 aliphatic carbocycles. The molecule has 7 nitrogen and oxygen atoms in total. The molecule has 2 aromatic carbocycles. The lowest BCUT2D eigenvalue weighted by Gasteiger charge is -2.03. The van der Waals surface area contributed by atoms with Crippen LogP contribution in [0.4, 0.5) is 0 Å².